The third-order valence-corrected chi connectivity index (χ3v) is 3.78. The highest BCUT2D eigenvalue weighted by Gasteiger charge is 2.12. The van der Waals surface area contributed by atoms with Gasteiger partial charge in [-0.3, -0.25) is 4.79 Å². The van der Waals surface area contributed by atoms with Crippen LogP contribution in [0.2, 0.25) is 5.02 Å². The number of amides is 1. The molecule has 0 saturated carbocycles. The quantitative estimate of drug-likeness (QED) is 0.809. The fourth-order valence-corrected chi connectivity index (χ4v) is 2.34. The molecule has 0 heterocycles. The van der Waals surface area contributed by atoms with Crippen molar-refractivity contribution >= 4 is 29.2 Å². The van der Waals surface area contributed by atoms with Crippen molar-refractivity contribution in [2.45, 2.75) is 12.8 Å². The van der Waals surface area contributed by atoms with E-state index >= 15 is 0 Å². The molecular formula is C18H18ClNO4. The highest BCUT2D eigenvalue weighted by molar-refractivity contribution is 6.33. The van der Waals surface area contributed by atoms with Gasteiger partial charge in [-0.05, 0) is 42.3 Å². The van der Waals surface area contributed by atoms with Gasteiger partial charge in [-0.15, -0.1) is 0 Å². The van der Waals surface area contributed by atoms with Gasteiger partial charge in [-0.25, -0.2) is 4.79 Å². The summed E-state index contributed by atoms with van der Waals surface area (Å²) in [5.41, 5.74) is 1.75. The summed E-state index contributed by atoms with van der Waals surface area (Å²) in [5.74, 6) is 0.0815. The van der Waals surface area contributed by atoms with Crippen LogP contribution in [0.25, 0.3) is 0 Å². The Bertz CT molecular complexity index is 728. The number of esters is 1. The lowest BCUT2D eigenvalue weighted by Crippen LogP contribution is -2.13. The molecule has 2 rings (SSSR count). The van der Waals surface area contributed by atoms with E-state index in [1.54, 1.807) is 19.2 Å². The van der Waals surface area contributed by atoms with Crippen molar-refractivity contribution in [3.05, 3.63) is 58.6 Å². The Balaban J connectivity index is 1.95. The summed E-state index contributed by atoms with van der Waals surface area (Å²) >= 11 is 5.95. The van der Waals surface area contributed by atoms with Crippen LogP contribution in [-0.2, 0) is 16.0 Å². The number of benzene rings is 2. The van der Waals surface area contributed by atoms with E-state index < -0.39 is 5.97 Å². The molecule has 0 aliphatic carbocycles. The maximum atomic E-state index is 12.1. The topological polar surface area (TPSA) is 64.6 Å². The maximum Gasteiger partial charge on any atom is 0.339 e. The van der Waals surface area contributed by atoms with Crippen molar-refractivity contribution in [1.29, 1.82) is 0 Å². The Morgan fingerprint density at radius 1 is 1.08 bits per heavy atom. The minimum atomic E-state index is -0.547. The van der Waals surface area contributed by atoms with Gasteiger partial charge >= 0.3 is 5.97 Å². The van der Waals surface area contributed by atoms with Crippen LogP contribution in [0.4, 0.5) is 5.69 Å². The van der Waals surface area contributed by atoms with Gasteiger partial charge in [0.05, 0.1) is 24.8 Å². The first-order valence-electron chi connectivity index (χ1n) is 7.34. The van der Waals surface area contributed by atoms with Crippen LogP contribution in [-0.4, -0.2) is 26.1 Å². The highest BCUT2D eigenvalue weighted by Crippen LogP contribution is 2.21. The lowest BCUT2D eigenvalue weighted by Gasteiger charge is -2.08. The number of hydrogen-bond donors (Lipinski definition) is 1. The summed E-state index contributed by atoms with van der Waals surface area (Å²) in [4.78, 5) is 23.7. The van der Waals surface area contributed by atoms with Crippen LogP contribution < -0.4 is 10.1 Å². The average Bonchev–Trinajstić information content (AvgIpc) is 2.61. The summed E-state index contributed by atoms with van der Waals surface area (Å²) in [5, 5.41) is 3.03. The molecule has 1 N–H and O–H groups in total. The third-order valence-electron chi connectivity index (χ3n) is 3.46. The van der Waals surface area contributed by atoms with Gasteiger partial charge < -0.3 is 14.8 Å². The van der Waals surface area contributed by atoms with Crippen LogP contribution in [0.5, 0.6) is 5.75 Å². The number of anilines is 1. The average molecular weight is 348 g/mol. The monoisotopic (exact) mass is 347 g/mol. The second kappa shape index (κ2) is 8.36. The van der Waals surface area contributed by atoms with Crippen molar-refractivity contribution in [3.63, 3.8) is 0 Å². The number of halogens is 1. The van der Waals surface area contributed by atoms with Crippen molar-refractivity contribution in [1.82, 2.24) is 0 Å². The minimum Gasteiger partial charge on any atom is -0.497 e. The van der Waals surface area contributed by atoms with Crippen molar-refractivity contribution < 1.29 is 19.1 Å². The normalized spacial score (nSPS) is 10.1. The fraction of sp³-hybridized carbons (Fsp3) is 0.222. The van der Waals surface area contributed by atoms with E-state index in [0.717, 1.165) is 11.3 Å². The highest BCUT2D eigenvalue weighted by atomic mass is 35.5. The van der Waals surface area contributed by atoms with Gasteiger partial charge in [0, 0.05) is 12.1 Å². The molecule has 5 nitrogen and oxygen atoms in total. The molecule has 6 heteroatoms. The molecule has 0 saturated heterocycles. The summed E-state index contributed by atoms with van der Waals surface area (Å²) in [6.45, 7) is 0. The Hall–Kier alpha value is -2.53. The van der Waals surface area contributed by atoms with E-state index in [-0.39, 0.29) is 16.5 Å². The summed E-state index contributed by atoms with van der Waals surface area (Å²) < 4.78 is 9.75. The predicted octanol–water partition coefficient (Wildman–Crippen LogP) is 3.71. The number of nitrogens with one attached hydrogen (secondary N) is 1. The number of carbonyl (C=O) groups is 2. The summed E-state index contributed by atoms with van der Waals surface area (Å²) in [6.07, 6.45) is 0.926. The molecule has 0 aliphatic heterocycles. The number of aryl methyl sites for hydroxylation is 1. The molecule has 0 fully saturated rings. The SMILES string of the molecule is COC(=O)c1cc(NC(=O)CCc2ccc(OC)cc2)ccc1Cl. The van der Waals surface area contributed by atoms with Crippen LogP contribution in [0.15, 0.2) is 42.5 Å². The fourth-order valence-electron chi connectivity index (χ4n) is 2.14. The van der Waals surface area contributed by atoms with Crippen molar-refractivity contribution in [2.75, 3.05) is 19.5 Å². The van der Waals surface area contributed by atoms with E-state index in [0.29, 0.717) is 18.5 Å². The van der Waals surface area contributed by atoms with Gasteiger partial charge in [0.1, 0.15) is 5.75 Å². The third kappa shape index (κ3) is 4.73. The second-order valence-corrected chi connectivity index (χ2v) is 5.49. The predicted molar refractivity (Wildman–Crippen MR) is 92.7 cm³/mol. The molecule has 24 heavy (non-hydrogen) atoms. The summed E-state index contributed by atoms with van der Waals surface area (Å²) in [6, 6.07) is 12.2. The van der Waals surface area contributed by atoms with Gasteiger partial charge in [0.15, 0.2) is 0 Å². The molecule has 0 bridgehead atoms. The van der Waals surface area contributed by atoms with Gasteiger partial charge in [0.2, 0.25) is 5.91 Å². The minimum absolute atomic E-state index is 0.149. The summed E-state index contributed by atoms with van der Waals surface area (Å²) in [7, 11) is 2.88. The van der Waals surface area contributed by atoms with Gasteiger partial charge in [-0.2, -0.15) is 0 Å². The van der Waals surface area contributed by atoms with E-state index in [1.807, 2.05) is 24.3 Å². The molecule has 0 aliphatic rings. The van der Waals surface area contributed by atoms with Crippen molar-refractivity contribution in [3.8, 4) is 5.75 Å². The molecule has 126 valence electrons. The molecule has 2 aromatic carbocycles. The number of carbonyl (C=O) groups excluding carboxylic acids is 2. The first kappa shape index (κ1) is 17.8. The second-order valence-electron chi connectivity index (χ2n) is 5.08. The lowest BCUT2D eigenvalue weighted by molar-refractivity contribution is -0.116. The van der Waals surface area contributed by atoms with Gasteiger partial charge in [-0.1, -0.05) is 23.7 Å². The molecule has 0 radical (unpaired) electrons. The Kier molecular flexibility index (Phi) is 6.21. The Morgan fingerprint density at radius 2 is 1.79 bits per heavy atom. The maximum absolute atomic E-state index is 12.1. The number of hydrogen-bond acceptors (Lipinski definition) is 4. The molecule has 2 aromatic rings. The number of ether oxygens (including phenoxy) is 2. The smallest absolute Gasteiger partial charge is 0.339 e. The van der Waals surface area contributed by atoms with E-state index in [4.69, 9.17) is 16.3 Å². The standard InChI is InChI=1S/C18H18ClNO4/c1-23-14-7-3-12(4-8-14)5-10-17(21)20-13-6-9-16(19)15(11-13)18(22)24-2/h3-4,6-9,11H,5,10H2,1-2H3,(H,20,21). The Morgan fingerprint density at radius 3 is 2.42 bits per heavy atom. The van der Waals surface area contributed by atoms with Crippen molar-refractivity contribution in [2.24, 2.45) is 0 Å². The first-order valence-corrected chi connectivity index (χ1v) is 7.72. The zero-order valence-corrected chi connectivity index (χ0v) is 14.2. The first-order chi connectivity index (χ1) is 11.5. The molecular weight excluding hydrogens is 330 g/mol. The number of methoxy groups -OCH3 is 2. The van der Waals surface area contributed by atoms with E-state index in [2.05, 4.69) is 10.1 Å². The van der Waals surface area contributed by atoms with Crippen LogP contribution >= 0.6 is 11.6 Å². The molecule has 1 amide bonds. The molecule has 0 aromatic heterocycles. The zero-order valence-electron chi connectivity index (χ0n) is 13.5. The van der Waals surface area contributed by atoms with E-state index in [1.165, 1.54) is 13.2 Å². The van der Waals surface area contributed by atoms with Crippen LogP contribution in [0.3, 0.4) is 0 Å². The van der Waals surface area contributed by atoms with Crippen LogP contribution in [0, 0.1) is 0 Å². The van der Waals surface area contributed by atoms with Gasteiger partial charge in [0.25, 0.3) is 0 Å². The molecule has 0 spiro atoms. The lowest BCUT2D eigenvalue weighted by atomic mass is 10.1. The number of rotatable bonds is 6. The van der Waals surface area contributed by atoms with E-state index in [9.17, 15) is 9.59 Å². The Labute approximate surface area is 145 Å². The zero-order chi connectivity index (χ0) is 17.5. The van der Waals surface area contributed by atoms with Crippen LogP contribution in [0.1, 0.15) is 22.3 Å². The molecule has 0 unspecified atom stereocenters. The molecule has 0 atom stereocenters. The largest absolute Gasteiger partial charge is 0.497 e.